The molecule has 1 aromatic rings. The van der Waals surface area contributed by atoms with E-state index in [9.17, 15) is 4.79 Å². The van der Waals surface area contributed by atoms with Crippen molar-refractivity contribution in [3.05, 3.63) is 17.3 Å². The quantitative estimate of drug-likeness (QED) is 0.825. The summed E-state index contributed by atoms with van der Waals surface area (Å²) in [6, 6.07) is 0.140. The minimum Gasteiger partial charge on any atom is -0.481 e. The second-order valence-electron chi connectivity index (χ2n) is 4.33. The van der Waals surface area contributed by atoms with Crippen molar-refractivity contribution < 1.29 is 14.3 Å². The Balaban J connectivity index is 2.54. The Morgan fingerprint density at radius 1 is 1.53 bits per heavy atom. The van der Waals surface area contributed by atoms with Gasteiger partial charge in [0.15, 0.2) is 5.89 Å². The maximum Gasteiger partial charge on any atom is 0.303 e. The molecule has 1 N–H and O–H groups in total. The molecule has 5 nitrogen and oxygen atoms in total. The van der Waals surface area contributed by atoms with Gasteiger partial charge in [-0.3, -0.25) is 9.69 Å². The third kappa shape index (κ3) is 3.85. The van der Waals surface area contributed by atoms with Gasteiger partial charge in [-0.25, -0.2) is 4.98 Å². The SMILES string of the molecule is Cc1nc(C(C)N(C)CCCC(=O)O)c(C)o1. The van der Waals surface area contributed by atoms with E-state index in [0.717, 1.165) is 18.0 Å². The van der Waals surface area contributed by atoms with Gasteiger partial charge < -0.3 is 9.52 Å². The zero-order valence-corrected chi connectivity index (χ0v) is 10.9. The predicted octanol–water partition coefficient (Wildman–Crippen LogP) is 2.15. The summed E-state index contributed by atoms with van der Waals surface area (Å²) in [5.74, 6) is 0.753. The van der Waals surface area contributed by atoms with Gasteiger partial charge in [0.1, 0.15) is 5.76 Å². The van der Waals surface area contributed by atoms with Crippen LogP contribution in [0.15, 0.2) is 4.42 Å². The van der Waals surface area contributed by atoms with Crippen LogP contribution < -0.4 is 0 Å². The van der Waals surface area contributed by atoms with Crippen molar-refractivity contribution in [1.82, 2.24) is 9.88 Å². The molecule has 0 fully saturated rings. The van der Waals surface area contributed by atoms with Crippen LogP contribution >= 0.6 is 0 Å². The summed E-state index contributed by atoms with van der Waals surface area (Å²) in [6.45, 7) is 6.51. The molecule has 0 bridgehead atoms. The summed E-state index contributed by atoms with van der Waals surface area (Å²) in [5.41, 5.74) is 0.931. The highest BCUT2D eigenvalue weighted by Gasteiger charge is 2.18. The van der Waals surface area contributed by atoms with Crippen molar-refractivity contribution in [2.45, 2.75) is 39.7 Å². The van der Waals surface area contributed by atoms with Gasteiger partial charge in [0.25, 0.3) is 0 Å². The topological polar surface area (TPSA) is 66.6 Å². The molecule has 0 saturated heterocycles. The van der Waals surface area contributed by atoms with Gasteiger partial charge >= 0.3 is 5.97 Å². The van der Waals surface area contributed by atoms with Crippen LogP contribution in [-0.4, -0.2) is 34.6 Å². The lowest BCUT2D eigenvalue weighted by Gasteiger charge is -2.23. The summed E-state index contributed by atoms with van der Waals surface area (Å²) >= 11 is 0. The highest BCUT2D eigenvalue weighted by Crippen LogP contribution is 2.22. The van der Waals surface area contributed by atoms with Crippen LogP contribution in [0.1, 0.15) is 43.2 Å². The Morgan fingerprint density at radius 3 is 2.65 bits per heavy atom. The van der Waals surface area contributed by atoms with Crippen LogP contribution in [0.3, 0.4) is 0 Å². The molecule has 0 spiro atoms. The molecule has 1 aromatic heterocycles. The Labute approximate surface area is 101 Å². The molecule has 0 radical (unpaired) electrons. The highest BCUT2D eigenvalue weighted by atomic mass is 16.4. The number of nitrogens with zero attached hydrogens (tertiary/aromatic N) is 2. The van der Waals surface area contributed by atoms with Crippen molar-refractivity contribution >= 4 is 5.97 Å². The van der Waals surface area contributed by atoms with Gasteiger partial charge in [0.2, 0.25) is 0 Å². The van der Waals surface area contributed by atoms with E-state index in [4.69, 9.17) is 9.52 Å². The van der Waals surface area contributed by atoms with E-state index in [1.807, 2.05) is 27.8 Å². The van der Waals surface area contributed by atoms with Crippen molar-refractivity contribution in [2.75, 3.05) is 13.6 Å². The molecule has 1 heterocycles. The fraction of sp³-hybridized carbons (Fsp3) is 0.667. The second-order valence-corrected chi connectivity index (χ2v) is 4.33. The molecule has 1 rings (SSSR count). The minimum absolute atomic E-state index is 0.140. The fourth-order valence-corrected chi connectivity index (χ4v) is 1.81. The number of rotatable bonds is 6. The highest BCUT2D eigenvalue weighted by molar-refractivity contribution is 5.66. The lowest BCUT2D eigenvalue weighted by atomic mass is 10.1. The van der Waals surface area contributed by atoms with E-state index in [0.29, 0.717) is 12.3 Å². The number of hydrogen-bond acceptors (Lipinski definition) is 4. The lowest BCUT2D eigenvalue weighted by molar-refractivity contribution is -0.137. The molecule has 1 unspecified atom stereocenters. The van der Waals surface area contributed by atoms with E-state index < -0.39 is 5.97 Å². The summed E-state index contributed by atoms with van der Waals surface area (Å²) in [6.07, 6.45) is 0.847. The first-order chi connectivity index (χ1) is 7.91. The van der Waals surface area contributed by atoms with E-state index >= 15 is 0 Å². The van der Waals surface area contributed by atoms with Gasteiger partial charge in [-0.1, -0.05) is 0 Å². The minimum atomic E-state index is -0.750. The molecule has 1 atom stereocenters. The first-order valence-corrected chi connectivity index (χ1v) is 5.77. The monoisotopic (exact) mass is 240 g/mol. The number of aliphatic carboxylic acids is 1. The van der Waals surface area contributed by atoms with Gasteiger partial charge in [-0.2, -0.15) is 0 Å². The number of carboxylic acids is 1. The largest absolute Gasteiger partial charge is 0.481 e. The van der Waals surface area contributed by atoms with E-state index in [2.05, 4.69) is 9.88 Å². The number of aryl methyl sites for hydroxylation is 2. The summed E-state index contributed by atoms with van der Waals surface area (Å²) in [4.78, 5) is 16.9. The van der Waals surface area contributed by atoms with Gasteiger partial charge in [-0.05, 0) is 33.9 Å². The summed E-state index contributed by atoms with van der Waals surface area (Å²) in [7, 11) is 1.97. The molecule has 17 heavy (non-hydrogen) atoms. The van der Waals surface area contributed by atoms with Crippen molar-refractivity contribution in [3.8, 4) is 0 Å². The molecular formula is C12H20N2O3. The zero-order valence-electron chi connectivity index (χ0n) is 10.9. The third-order valence-corrected chi connectivity index (χ3v) is 2.90. The van der Waals surface area contributed by atoms with Crippen LogP contribution in [0, 0.1) is 13.8 Å². The molecule has 0 saturated carbocycles. The number of aromatic nitrogens is 1. The molecule has 0 amide bonds. The normalized spacial score (nSPS) is 13.0. The summed E-state index contributed by atoms with van der Waals surface area (Å²) < 4.78 is 5.40. The maximum absolute atomic E-state index is 10.4. The summed E-state index contributed by atoms with van der Waals surface area (Å²) in [5, 5.41) is 8.58. The van der Waals surface area contributed by atoms with Gasteiger partial charge in [0, 0.05) is 13.3 Å². The van der Waals surface area contributed by atoms with Gasteiger partial charge in [0.05, 0.1) is 11.7 Å². The van der Waals surface area contributed by atoms with Crippen LogP contribution in [0.5, 0.6) is 0 Å². The number of hydrogen-bond donors (Lipinski definition) is 1. The Morgan fingerprint density at radius 2 is 2.18 bits per heavy atom. The molecule has 0 aliphatic heterocycles. The Bertz CT molecular complexity index is 387. The standard InChI is InChI=1S/C12H20N2O3/c1-8(12-9(2)17-10(3)13-12)14(4)7-5-6-11(15)16/h8H,5-7H2,1-4H3,(H,15,16). The smallest absolute Gasteiger partial charge is 0.303 e. The van der Waals surface area contributed by atoms with Crippen LogP contribution in [0.2, 0.25) is 0 Å². The molecule has 0 aliphatic rings. The molecular weight excluding hydrogens is 220 g/mol. The maximum atomic E-state index is 10.4. The Kier molecular flexibility index (Phi) is 4.69. The Hall–Kier alpha value is -1.36. The first-order valence-electron chi connectivity index (χ1n) is 5.77. The third-order valence-electron chi connectivity index (χ3n) is 2.90. The van der Waals surface area contributed by atoms with E-state index in [-0.39, 0.29) is 12.5 Å². The van der Waals surface area contributed by atoms with E-state index in [1.165, 1.54) is 0 Å². The average Bonchev–Trinajstić information content (AvgIpc) is 2.56. The van der Waals surface area contributed by atoms with Crippen LogP contribution in [-0.2, 0) is 4.79 Å². The van der Waals surface area contributed by atoms with Crippen molar-refractivity contribution in [1.29, 1.82) is 0 Å². The average molecular weight is 240 g/mol. The van der Waals surface area contributed by atoms with Crippen molar-refractivity contribution in [2.24, 2.45) is 0 Å². The first kappa shape index (κ1) is 13.7. The molecule has 5 heteroatoms. The molecule has 0 aliphatic carbocycles. The van der Waals surface area contributed by atoms with Crippen molar-refractivity contribution in [3.63, 3.8) is 0 Å². The van der Waals surface area contributed by atoms with Crippen LogP contribution in [0.4, 0.5) is 0 Å². The number of carbonyl (C=O) groups is 1. The van der Waals surface area contributed by atoms with E-state index in [1.54, 1.807) is 0 Å². The second kappa shape index (κ2) is 5.82. The molecule has 96 valence electrons. The lowest BCUT2D eigenvalue weighted by Crippen LogP contribution is -2.24. The molecule has 0 aromatic carbocycles. The predicted molar refractivity (Wildman–Crippen MR) is 63.9 cm³/mol. The number of oxazole rings is 1. The zero-order chi connectivity index (χ0) is 13.0. The number of carboxylic acid groups (broad SMARTS) is 1. The fourth-order valence-electron chi connectivity index (χ4n) is 1.81. The van der Waals surface area contributed by atoms with Crippen LogP contribution in [0.25, 0.3) is 0 Å². The van der Waals surface area contributed by atoms with Gasteiger partial charge in [-0.15, -0.1) is 0 Å².